The van der Waals surface area contributed by atoms with Crippen molar-refractivity contribution >= 4 is 34.7 Å². The van der Waals surface area contributed by atoms with Gasteiger partial charge in [0.1, 0.15) is 11.6 Å². The number of halogens is 2. The highest BCUT2D eigenvalue weighted by Crippen LogP contribution is 2.23. The van der Waals surface area contributed by atoms with Gasteiger partial charge in [0.2, 0.25) is 0 Å². The Balaban J connectivity index is 1.84. The van der Waals surface area contributed by atoms with Crippen molar-refractivity contribution in [3.05, 3.63) is 82.8 Å². The van der Waals surface area contributed by atoms with Crippen molar-refractivity contribution in [2.75, 3.05) is 10.6 Å². The smallest absolute Gasteiger partial charge is 0.259 e. The molecular formula is C19H15ClFN3O. The monoisotopic (exact) mass is 355 g/mol. The molecule has 0 fully saturated rings. The van der Waals surface area contributed by atoms with E-state index in [-0.39, 0.29) is 10.9 Å². The predicted molar refractivity (Wildman–Crippen MR) is 98.1 cm³/mol. The van der Waals surface area contributed by atoms with Crippen LogP contribution in [-0.4, -0.2) is 10.9 Å². The standard InChI is InChI=1S/C19H15ClFN3O/c1-12-4-2-5-13(10-12)23-18-15(6-3-9-22-18)19(25)24-14-7-8-17(21)16(20)11-14/h2-11H,1H3,(H,22,23)(H,24,25). The van der Waals surface area contributed by atoms with Gasteiger partial charge in [-0.25, -0.2) is 9.37 Å². The van der Waals surface area contributed by atoms with Crippen molar-refractivity contribution in [2.45, 2.75) is 6.92 Å². The number of amides is 1. The highest BCUT2D eigenvalue weighted by atomic mass is 35.5. The van der Waals surface area contributed by atoms with Crippen molar-refractivity contribution in [2.24, 2.45) is 0 Å². The van der Waals surface area contributed by atoms with Crippen LogP contribution in [0.15, 0.2) is 60.8 Å². The van der Waals surface area contributed by atoms with E-state index in [1.54, 1.807) is 18.3 Å². The lowest BCUT2D eigenvalue weighted by atomic mass is 10.2. The average Bonchev–Trinajstić information content (AvgIpc) is 2.59. The molecule has 0 spiro atoms. The maximum Gasteiger partial charge on any atom is 0.259 e. The molecule has 0 saturated heterocycles. The maximum atomic E-state index is 13.2. The van der Waals surface area contributed by atoms with E-state index in [1.165, 1.54) is 18.2 Å². The summed E-state index contributed by atoms with van der Waals surface area (Å²) in [5.41, 5.74) is 2.69. The molecule has 3 rings (SSSR count). The van der Waals surface area contributed by atoms with Crippen molar-refractivity contribution < 1.29 is 9.18 Å². The highest BCUT2D eigenvalue weighted by Gasteiger charge is 2.13. The van der Waals surface area contributed by atoms with E-state index in [2.05, 4.69) is 15.6 Å². The number of carbonyl (C=O) groups is 1. The van der Waals surface area contributed by atoms with Gasteiger partial charge in [0.05, 0.1) is 10.6 Å². The Bertz CT molecular complexity index is 930. The van der Waals surface area contributed by atoms with Crippen LogP contribution in [0, 0.1) is 12.7 Å². The molecular weight excluding hydrogens is 341 g/mol. The minimum atomic E-state index is -0.539. The number of aromatic nitrogens is 1. The molecule has 0 aliphatic carbocycles. The summed E-state index contributed by atoms with van der Waals surface area (Å²) in [6, 6.07) is 15.1. The van der Waals surface area contributed by atoms with Crippen LogP contribution in [0.5, 0.6) is 0 Å². The minimum Gasteiger partial charge on any atom is -0.340 e. The molecule has 1 amide bonds. The number of carbonyl (C=O) groups excluding carboxylic acids is 1. The van der Waals surface area contributed by atoms with Gasteiger partial charge >= 0.3 is 0 Å². The number of nitrogens with zero attached hydrogens (tertiary/aromatic N) is 1. The van der Waals surface area contributed by atoms with Gasteiger partial charge in [-0.15, -0.1) is 0 Å². The van der Waals surface area contributed by atoms with E-state index in [9.17, 15) is 9.18 Å². The Morgan fingerprint density at radius 1 is 1.08 bits per heavy atom. The van der Waals surface area contributed by atoms with E-state index in [0.717, 1.165) is 11.3 Å². The largest absolute Gasteiger partial charge is 0.340 e. The van der Waals surface area contributed by atoms with Gasteiger partial charge in [-0.3, -0.25) is 4.79 Å². The van der Waals surface area contributed by atoms with Crippen LogP contribution in [0.25, 0.3) is 0 Å². The molecule has 2 N–H and O–H groups in total. The Morgan fingerprint density at radius 2 is 1.92 bits per heavy atom. The Labute approximate surface area is 149 Å². The zero-order valence-corrected chi connectivity index (χ0v) is 14.1. The van der Waals surface area contributed by atoms with E-state index in [1.807, 2.05) is 31.2 Å². The molecule has 0 aliphatic rings. The number of hydrogen-bond donors (Lipinski definition) is 2. The SMILES string of the molecule is Cc1cccc(Nc2ncccc2C(=O)Nc2ccc(F)c(Cl)c2)c1. The zero-order chi connectivity index (χ0) is 17.8. The lowest BCUT2D eigenvalue weighted by Crippen LogP contribution is -2.14. The molecule has 0 atom stereocenters. The van der Waals surface area contributed by atoms with Crippen LogP contribution in [0.3, 0.4) is 0 Å². The molecule has 126 valence electrons. The van der Waals surface area contributed by atoms with E-state index in [0.29, 0.717) is 17.1 Å². The van der Waals surface area contributed by atoms with E-state index in [4.69, 9.17) is 11.6 Å². The Kier molecular flexibility index (Phi) is 4.95. The third-order valence-electron chi connectivity index (χ3n) is 3.51. The summed E-state index contributed by atoms with van der Waals surface area (Å²) in [6.07, 6.45) is 1.60. The molecule has 2 aromatic carbocycles. The fraction of sp³-hybridized carbons (Fsp3) is 0.0526. The second-order valence-corrected chi connectivity index (χ2v) is 5.88. The summed E-state index contributed by atoms with van der Waals surface area (Å²) in [7, 11) is 0. The number of aryl methyl sites for hydroxylation is 1. The average molecular weight is 356 g/mol. The van der Waals surface area contributed by atoms with Gasteiger partial charge in [0, 0.05) is 17.6 Å². The lowest BCUT2D eigenvalue weighted by molar-refractivity contribution is 0.102. The molecule has 25 heavy (non-hydrogen) atoms. The van der Waals surface area contributed by atoms with Gasteiger partial charge in [-0.1, -0.05) is 23.7 Å². The van der Waals surface area contributed by atoms with Crippen molar-refractivity contribution in [1.82, 2.24) is 4.98 Å². The lowest BCUT2D eigenvalue weighted by Gasteiger charge is -2.12. The predicted octanol–water partition coefficient (Wildman–Crippen LogP) is 5.18. The first kappa shape index (κ1) is 16.9. The fourth-order valence-electron chi connectivity index (χ4n) is 2.32. The summed E-state index contributed by atoms with van der Waals surface area (Å²) < 4.78 is 13.2. The van der Waals surface area contributed by atoms with Crippen LogP contribution in [0.1, 0.15) is 15.9 Å². The number of pyridine rings is 1. The summed E-state index contributed by atoms with van der Waals surface area (Å²) in [6.45, 7) is 1.98. The second kappa shape index (κ2) is 7.32. The second-order valence-electron chi connectivity index (χ2n) is 5.48. The molecule has 3 aromatic rings. The fourth-order valence-corrected chi connectivity index (χ4v) is 2.50. The Hall–Kier alpha value is -2.92. The normalized spacial score (nSPS) is 10.4. The van der Waals surface area contributed by atoms with Crippen molar-refractivity contribution in [3.8, 4) is 0 Å². The summed E-state index contributed by atoms with van der Waals surface area (Å²) >= 11 is 5.75. The van der Waals surface area contributed by atoms with Crippen LogP contribution in [0.4, 0.5) is 21.6 Å². The van der Waals surface area contributed by atoms with Crippen LogP contribution >= 0.6 is 11.6 Å². The number of rotatable bonds is 4. The summed E-state index contributed by atoms with van der Waals surface area (Å²) in [5, 5.41) is 5.78. The van der Waals surface area contributed by atoms with E-state index < -0.39 is 5.82 Å². The molecule has 0 unspecified atom stereocenters. The third-order valence-corrected chi connectivity index (χ3v) is 3.80. The van der Waals surface area contributed by atoms with Crippen LogP contribution in [-0.2, 0) is 0 Å². The molecule has 4 nitrogen and oxygen atoms in total. The molecule has 1 aromatic heterocycles. The Morgan fingerprint density at radius 3 is 2.68 bits per heavy atom. The van der Waals surface area contributed by atoms with Crippen molar-refractivity contribution in [1.29, 1.82) is 0 Å². The third kappa shape index (κ3) is 4.14. The minimum absolute atomic E-state index is 0.0536. The first-order valence-electron chi connectivity index (χ1n) is 7.58. The van der Waals surface area contributed by atoms with Gasteiger partial charge in [0.15, 0.2) is 0 Å². The van der Waals surface area contributed by atoms with E-state index >= 15 is 0 Å². The topological polar surface area (TPSA) is 54.0 Å². The number of nitrogens with one attached hydrogen (secondary N) is 2. The highest BCUT2D eigenvalue weighted by molar-refractivity contribution is 6.31. The molecule has 0 radical (unpaired) electrons. The summed E-state index contributed by atoms with van der Waals surface area (Å²) in [4.78, 5) is 16.8. The molecule has 6 heteroatoms. The first-order chi connectivity index (χ1) is 12.0. The molecule has 0 bridgehead atoms. The number of anilines is 3. The summed E-state index contributed by atoms with van der Waals surface area (Å²) in [5.74, 6) is -0.479. The number of benzene rings is 2. The molecule has 0 saturated carbocycles. The maximum absolute atomic E-state index is 13.2. The van der Waals surface area contributed by atoms with Gasteiger partial charge < -0.3 is 10.6 Å². The first-order valence-corrected chi connectivity index (χ1v) is 7.96. The van der Waals surface area contributed by atoms with Gasteiger partial charge in [-0.2, -0.15) is 0 Å². The van der Waals surface area contributed by atoms with Gasteiger partial charge in [-0.05, 0) is 55.0 Å². The van der Waals surface area contributed by atoms with Crippen LogP contribution in [0.2, 0.25) is 5.02 Å². The molecule has 0 aliphatic heterocycles. The number of hydrogen-bond acceptors (Lipinski definition) is 3. The quantitative estimate of drug-likeness (QED) is 0.678. The van der Waals surface area contributed by atoms with Crippen LogP contribution < -0.4 is 10.6 Å². The zero-order valence-electron chi connectivity index (χ0n) is 13.4. The molecule has 1 heterocycles. The van der Waals surface area contributed by atoms with Gasteiger partial charge in [0.25, 0.3) is 5.91 Å². The van der Waals surface area contributed by atoms with Crippen molar-refractivity contribution in [3.63, 3.8) is 0 Å².